The van der Waals surface area contributed by atoms with Gasteiger partial charge in [0.15, 0.2) is 0 Å². The second-order valence-electron chi connectivity index (χ2n) is 6.68. The molecule has 2 aliphatic heterocycles. The lowest BCUT2D eigenvalue weighted by molar-refractivity contribution is -0.133. The average molecular weight is 336 g/mol. The summed E-state index contributed by atoms with van der Waals surface area (Å²) in [6, 6.07) is 13.6. The number of carbonyl (C=O) groups excluding carboxylic acids is 2. The minimum absolute atomic E-state index is 0.00775. The average Bonchev–Trinajstić information content (AvgIpc) is 2.88. The van der Waals surface area contributed by atoms with Gasteiger partial charge in [-0.05, 0) is 30.2 Å². The third-order valence-electron chi connectivity index (χ3n) is 4.80. The van der Waals surface area contributed by atoms with E-state index < -0.39 is 0 Å². The molecule has 0 aliphatic carbocycles. The summed E-state index contributed by atoms with van der Waals surface area (Å²) in [5, 5.41) is 2.84. The Hall–Kier alpha value is -2.82. The van der Waals surface area contributed by atoms with Gasteiger partial charge in [-0.15, -0.1) is 0 Å². The van der Waals surface area contributed by atoms with Gasteiger partial charge in [0.25, 0.3) is 0 Å². The molecule has 2 heterocycles. The van der Waals surface area contributed by atoms with E-state index in [2.05, 4.69) is 5.32 Å². The number of anilines is 1. The highest BCUT2D eigenvalue weighted by Crippen LogP contribution is 2.27. The lowest BCUT2D eigenvalue weighted by atomic mass is 10.1. The van der Waals surface area contributed by atoms with Crippen molar-refractivity contribution in [2.45, 2.75) is 32.4 Å². The van der Waals surface area contributed by atoms with E-state index in [1.807, 2.05) is 54.3 Å². The number of fused-ring (bicyclic) bond motifs is 2. The van der Waals surface area contributed by atoms with E-state index >= 15 is 0 Å². The monoisotopic (exact) mass is 336 g/mol. The molecule has 1 N–H and O–H groups in total. The van der Waals surface area contributed by atoms with E-state index in [-0.39, 0.29) is 17.9 Å². The van der Waals surface area contributed by atoms with Crippen molar-refractivity contribution in [2.24, 2.45) is 0 Å². The molecule has 2 amide bonds. The minimum atomic E-state index is 0.00775. The van der Waals surface area contributed by atoms with Crippen LogP contribution in [0.15, 0.2) is 42.5 Å². The Kier molecular flexibility index (Phi) is 3.92. The van der Waals surface area contributed by atoms with Gasteiger partial charge in [-0.2, -0.15) is 0 Å². The van der Waals surface area contributed by atoms with Crippen LogP contribution in [0, 0.1) is 0 Å². The zero-order valence-corrected chi connectivity index (χ0v) is 14.1. The van der Waals surface area contributed by atoms with Crippen molar-refractivity contribution in [3.05, 3.63) is 59.2 Å². The van der Waals surface area contributed by atoms with E-state index in [1.165, 1.54) is 0 Å². The molecule has 2 aliphatic rings. The summed E-state index contributed by atoms with van der Waals surface area (Å²) >= 11 is 0. The van der Waals surface area contributed by atoms with Gasteiger partial charge in [0.2, 0.25) is 11.8 Å². The molecule has 0 spiro atoms. The molecule has 0 saturated carbocycles. The largest absolute Gasteiger partial charge is 0.491 e. The summed E-state index contributed by atoms with van der Waals surface area (Å²) in [4.78, 5) is 26.2. The second kappa shape index (κ2) is 6.24. The summed E-state index contributed by atoms with van der Waals surface area (Å²) in [5.74, 6) is 0.926. The number of ether oxygens (including phenoxy) is 1. The molecule has 0 fully saturated rings. The van der Waals surface area contributed by atoms with Crippen LogP contribution in [0.4, 0.5) is 5.69 Å². The standard InChI is InChI=1S/C20H20N2O3/c1-13-12-25-18-5-3-2-4-16(18)11-22(13)20(24)9-14-6-7-15-10-19(23)21-17(15)8-14/h2-8,13H,9-12H2,1H3,(H,21,23). The maximum atomic E-state index is 12.9. The number of nitrogens with zero attached hydrogens (tertiary/aromatic N) is 1. The maximum Gasteiger partial charge on any atom is 0.228 e. The molecule has 5 heteroatoms. The Morgan fingerprint density at radius 2 is 2.08 bits per heavy atom. The molecule has 1 unspecified atom stereocenters. The predicted octanol–water partition coefficient (Wildman–Crippen LogP) is 2.53. The smallest absolute Gasteiger partial charge is 0.228 e. The fourth-order valence-corrected chi connectivity index (χ4v) is 3.40. The van der Waals surface area contributed by atoms with Crippen LogP contribution in [0.25, 0.3) is 0 Å². The number of rotatable bonds is 2. The van der Waals surface area contributed by atoms with Gasteiger partial charge in [0.05, 0.1) is 18.9 Å². The van der Waals surface area contributed by atoms with Gasteiger partial charge in [-0.25, -0.2) is 0 Å². The Bertz CT molecular complexity index is 847. The van der Waals surface area contributed by atoms with E-state index in [1.54, 1.807) is 0 Å². The van der Waals surface area contributed by atoms with Crippen molar-refractivity contribution in [3.63, 3.8) is 0 Å². The number of hydrogen-bond acceptors (Lipinski definition) is 3. The summed E-state index contributed by atoms with van der Waals surface area (Å²) in [7, 11) is 0. The molecule has 0 aromatic heterocycles. The van der Waals surface area contributed by atoms with Crippen LogP contribution < -0.4 is 10.1 Å². The van der Waals surface area contributed by atoms with Crippen molar-refractivity contribution in [1.82, 2.24) is 4.90 Å². The molecule has 25 heavy (non-hydrogen) atoms. The second-order valence-corrected chi connectivity index (χ2v) is 6.68. The van der Waals surface area contributed by atoms with Crippen molar-refractivity contribution in [2.75, 3.05) is 11.9 Å². The first-order valence-electron chi connectivity index (χ1n) is 8.52. The highest BCUT2D eigenvalue weighted by molar-refractivity contribution is 5.99. The number of carbonyl (C=O) groups is 2. The quantitative estimate of drug-likeness (QED) is 0.917. The normalized spacial score (nSPS) is 18.7. The molecule has 128 valence electrons. The van der Waals surface area contributed by atoms with Crippen LogP contribution in [0.1, 0.15) is 23.6 Å². The Labute approximate surface area is 146 Å². The molecule has 4 rings (SSSR count). The first-order chi connectivity index (χ1) is 12.1. The predicted molar refractivity (Wildman–Crippen MR) is 94.4 cm³/mol. The third-order valence-corrected chi connectivity index (χ3v) is 4.80. The van der Waals surface area contributed by atoms with Crippen molar-refractivity contribution < 1.29 is 14.3 Å². The van der Waals surface area contributed by atoms with Gasteiger partial charge >= 0.3 is 0 Å². The molecule has 0 radical (unpaired) electrons. The van der Waals surface area contributed by atoms with Gasteiger partial charge in [0.1, 0.15) is 12.4 Å². The number of nitrogens with one attached hydrogen (secondary N) is 1. The van der Waals surface area contributed by atoms with Crippen LogP contribution in [0.5, 0.6) is 5.75 Å². The van der Waals surface area contributed by atoms with Crippen molar-refractivity contribution >= 4 is 17.5 Å². The number of hydrogen-bond donors (Lipinski definition) is 1. The van der Waals surface area contributed by atoms with Crippen LogP contribution >= 0.6 is 0 Å². The zero-order chi connectivity index (χ0) is 17.4. The zero-order valence-electron chi connectivity index (χ0n) is 14.1. The van der Waals surface area contributed by atoms with Crippen LogP contribution in [0.3, 0.4) is 0 Å². The molecule has 0 saturated heterocycles. The highest BCUT2D eigenvalue weighted by Gasteiger charge is 2.26. The van der Waals surface area contributed by atoms with Gasteiger partial charge < -0.3 is 15.0 Å². The molecule has 1 atom stereocenters. The Balaban J connectivity index is 1.52. The first-order valence-corrected chi connectivity index (χ1v) is 8.52. The molecule has 0 bridgehead atoms. The van der Waals surface area contributed by atoms with Crippen LogP contribution in [-0.4, -0.2) is 29.4 Å². The molecular weight excluding hydrogens is 316 g/mol. The third kappa shape index (κ3) is 3.09. The lowest BCUT2D eigenvalue weighted by Crippen LogP contribution is -2.40. The first kappa shape index (κ1) is 15.7. The topological polar surface area (TPSA) is 58.6 Å². The van der Waals surface area contributed by atoms with E-state index in [4.69, 9.17) is 4.74 Å². The van der Waals surface area contributed by atoms with Gasteiger partial charge in [-0.1, -0.05) is 30.3 Å². The summed E-state index contributed by atoms with van der Waals surface area (Å²) in [5.41, 5.74) is 3.76. The maximum absolute atomic E-state index is 12.9. The molecule has 2 aromatic carbocycles. The van der Waals surface area contributed by atoms with Crippen LogP contribution in [-0.2, 0) is 29.0 Å². The fourth-order valence-electron chi connectivity index (χ4n) is 3.40. The molecule has 5 nitrogen and oxygen atoms in total. The molecular formula is C20H20N2O3. The SMILES string of the molecule is CC1COc2ccccc2CN1C(=O)Cc1ccc2c(c1)NC(=O)C2. The van der Waals surface area contributed by atoms with Gasteiger partial charge in [0, 0.05) is 17.8 Å². The van der Waals surface area contributed by atoms with Gasteiger partial charge in [-0.3, -0.25) is 9.59 Å². The summed E-state index contributed by atoms with van der Waals surface area (Å²) in [6.07, 6.45) is 0.733. The lowest BCUT2D eigenvalue weighted by Gasteiger charge is -2.26. The van der Waals surface area contributed by atoms with Crippen LogP contribution in [0.2, 0.25) is 0 Å². The fraction of sp³-hybridized carbons (Fsp3) is 0.300. The van der Waals surface area contributed by atoms with Crippen molar-refractivity contribution in [3.8, 4) is 5.75 Å². The van der Waals surface area contributed by atoms with E-state index in [0.717, 1.165) is 28.1 Å². The Morgan fingerprint density at radius 1 is 1.24 bits per heavy atom. The Morgan fingerprint density at radius 3 is 2.96 bits per heavy atom. The number of para-hydroxylation sites is 1. The number of amides is 2. The minimum Gasteiger partial charge on any atom is -0.491 e. The summed E-state index contributed by atoms with van der Waals surface area (Å²) in [6.45, 7) is 3.05. The van der Waals surface area contributed by atoms with E-state index in [9.17, 15) is 9.59 Å². The highest BCUT2D eigenvalue weighted by atomic mass is 16.5. The number of benzene rings is 2. The van der Waals surface area contributed by atoms with Crippen molar-refractivity contribution in [1.29, 1.82) is 0 Å². The van der Waals surface area contributed by atoms with E-state index in [0.29, 0.717) is 26.0 Å². The molecule has 2 aromatic rings. The summed E-state index contributed by atoms with van der Waals surface area (Å²) < 4.78 is 5.82.